The van der Waals surface area contributed by atoms with Crippen molar-refractivity contribution in [3.63, 3.8) is 0 Å². The Labute approximate surface area is 197 Å². The molecule has 2 N–H and O–H groups in total. The third kappa shape index (κ3) is 9.70. The third-order valence-electron chi connectivity index (χ3n) is 4.49. The van der Waals surface area contributed by atoms with E-state index in [2.05, 4.69) is 5.32 Å². The molecule has 30 heavy (non-hydrogen) atoms. The lowest BCUT2D eigenvalue weighted by molar-refractivity contribution is 0.112. The minimum atomic E-state index is -2.89. The molecule has 2 aromatic rings. The zero-order chi connectivity index (χ0) is 22.1. The van der Waals surface area contributed by atoms with E-state index in [4.69, 9.17) is 46.4 Å². The summed E-state index contributed by atoms with van der Waals surface area (Å²) in [6.07, 6.45) is 4.63. The van der Waals surface area contributed by atoms with Crippen molar-refractivity contribution >= 4 is 60.1 Å². The summed E-state index contributed by atoms with van der Waals surface area (Å²) in [4.78, 5) is 20.0. The molecule has 2 aromatic carbocycles. The molecule has 3 rings (SSSR count). The van der Waals surface area contributed by atoms with Crippen LogP contribution < -0.4 is 5.32 Å². The van der Waals surface area contributed by atoms with Crippen molar-refractivity contribution in [2.75, 3.05) is 18.9 Å². The largest absolute Gasteiger partial charge is 0.344 e. The topological polar surface area (TPSA) is 66.4 Å². The highest BCUT2D eigenvalue weighted by Gasteiger charge is 2.30. The molecule has 1 unspecified atom stereocenters. The Morgan fingerprint density at radius 1 is 1.00 bits per heavy atom. The van der Waals surface area contributed by atoms with Gasteiger partial charge in [-0.15, -0.1) is 0 Å². The van der Waals surface area contributed by atoms with Crippen LogP contribution in [0.3, 0.4) is 0 Å². The molecule has 1 aliphatic carbocycles. The maximum absolute atomic E-state index is 11.9. The zero-order valence-corrected chi connectivity index (χ0v) is 20.2. The second kappa shape index (κ2) is 12.5. The summed E-state index contributed by atoms with van der Waals surface area (Å²) in [5.41, 5.74) is 1.60. The predicted octanol–water partition coefficient (Wildman–Crippen LogP) is 6.96. The second-order valence-corrected chi connectivity index (χ2v) is 11.4. The maximum atomic E-state index is 11.9. The van der Waals surface area contributed by atoms with E-state index in [0.717, 1.165) is 37.7 Å². The Kier molecular flexibility index (Phi) is 10.7. The highest BCUT2D eigenvalue weighted by atomic mass is 35.5. The van der Waals surface area contributed by atoms with Crippen LogP contribution in [0, 0.1) is 5.92 Å². The quantitative estimate of drug-likeness (QED) is 0.217. The molecule has 0 bridgehead atoms. The number of benzene rings is 2. The number of halogens is 4. The molecule has 0 saturated heterocycles. The van der Waals surface area contributed by atoms with Crippen molar-refractivity contribution in [3.8, 4) is 0 Å². The Morgan fingerprint density at radius 3 is 2.20 bits per heavy atom. The van der Waals surface area contributed by atoms with Gasteiger partial charge in [0.15, 0.2) is 0 Å². The van der Waals surface area contributed by atoms with Crippen molar-refractivity contribution in [1.82, 2.24) is 5.32 Å². The number of carbonyl (C=O) groups is 1. The molecule has 1 saturated carbocycles. The summed E-state index contributed by atoms with van der Waals surface area (Å²) >= 11 is 23.0. The zero-order valence-electron chi connectivity index (χ0n) is 16.3. The van der Waals surface area contributed by atoms with Crippen LogP contribution in [0.4, 0.5) is 0 Å². The fourth-order valence-corrected chi connectivity index (χ4v) is 5.35. The molecule has 0 amide bonds. The van der Waals surface area contributed by atoms with Gasteiger partial charge in [-0.05, 0) is 61.6 Å². The van der Waals surface area contributed by atoms with Crippen LogP contribution in [0.25, 0.3) is 0 Å². The lowest BCUT2D eigenvalue weighted by atomic mass is 10.2. The first kappa shape index (κ1) is 25.7. The molecule has 4 nitrogen and oxygen atoms in total. The van der Waals surface area contributed by atoms with Gasteiger partial charge in [-0.1, -0.05) is 58.5 Å². The minimum Gasteiger partial charge on any atom is -0.344 e. The molecule has 0 radical (unpaired) electrons. The van der Waals surface area contributed by atoms with Crippen LogP contribution in [0.1, 0.15) is 35.2 Å². The van der Waals surface area contributed by atoms with Crippen LogP contribution in [0.15, 0.2) is 36.4 Å². The van der Waals surface area contributed by atoms with Crippen LogP contribution in [0.5, 0.6) is 0 Å². The van der Waals surface area contributed by atoms with Crippen molar-refractivity contribution in [2.45, 2.75) is 25.8 Å². The summed E-state index contributed by atoms with van der Waals surface area (Å²) < 4.78 is 11.9. The molecule has 0 spiro atoms. The van der Waals surface area contributed by atoms with E-state index < -0.39 is 7.37 Å². The Balaban J connectivity index is 0.000000269. The maximum Gasteiger partial charge on any atom is 0.200 e. The van der Waals surface area contributed by atoms with Gasteiger partial charge in [0.05, 0.1) is 20.1 Å². The van der Waals surface area contributed by atoms with Crippen LogP contribution in [-0.2, 0) is 11.1 Å². The normalized spacial score (nSPS) is 15.1. The van der Waals surface area contributed by atoms with Crippen molar-refractivity contribution in [1.29, 1.82) is 0 Å². The highest BCUT2D eigenvalue weighted by molar-refractivity contribution is 7.58. The average Bonchev–Trinajstić information content (AvgIpc) is 3.50. The summed E-state index contributed by atoms with van der Waals surface area (Å²) in [6, 6.07) is 10.3. The average molecular weight is 511 g/mol. The Hall–Kier alpha value is -0.580. The number of aldehydes is 1. The first-order valence-electron chi connectivity index (χ1n) is 9.56. The lowest BCUT2D eigenvalue weighted by Crippen LogP contribution is -2.16. The fourth-order valence-electron chi connectivity index (χ4n) is 2.71. The van der Waals surface area contributed by atoms with Crippen LogP contribution in [-0.4, -0.2) is 30.0 Å². The van der Waals surface area contributed by atoms with Gasteiger partial charge in [-0.3, -0.25) is 9.36 Å². The summed E-state index contributed by atoms with van der Waals surface area (Å²) in [5, 5.41) is 5.23. The van der Waals surface area contributed by atoms with Gasteiger partial charge in [0.1, 0.15) is 6.29 Å². The van der Waals surface area contributed by atoms with Crippen LogP contribution >= 0.6 is 53.8 Å². The first-order chi connectivity index (χ1) is 14.2. The SMILES string of the molecule is O=Cc1ccc(Cl)c(Cl)c1.O=P(O)(CCCNCc1ccc(Cl)c(Cl)c1)CC1CC1. The third-order valence-corrected chi connectivity index (χ3v) is 8.07. The molecule has 9 heteroatoms. The molecule has 0 heterocycles. The molecule has 0 aliphatic heterocycles. The molecule has 164 valence electrons. The predicted molar refractivity (Wildman–Crippen MR) is 127 cm³/mol. The van der Waals surface area contributed by atoms with E-state index in [-0.39, 0.29) is 0 Å². The number of nitrogens with one attached hydrogen (secondary N) is 1. The van der Waals surface area contributed by atoms with Crippen LogP contribution in [0.2, 0.25) is 20.1 Å². The monoisotopic (exact) mass is 509 g/mol. The van der Waals surface area contributed by atoms with E-state index in [1.807, 2.05) is 12.1 Å². The smallest absolute Gasteiger partial charge is 0.200 e. The summed E-state index contributed by atoms with van der Waals surface area (Å²) in [6.45, 7) is 1.42. The van der Waals surface area contributed by atoms with Crippen molar-refractivity contribution in [2.24, 2.45) is 5.92 Å². The highest BCUT2D eigenvalue weighted by Crippen LogP contribution is 2.48. The Morgan fingerprint density at radius 2 is 1.63 bits per heavy atom. The van der Waals surface area contributed by atoms with Gasteiger partial charge in [-0.25, -0.2) is 0 Å². The molecular weight excluding hydrogens is 487 g/mol. The number of hydrogen-bond acceptors (Lipinski definition) is 3. The van der Waals surface area contributed by atoms with Gasteiger partial charge in [0.25, 0.3) is 0 Å². The van der Waals surface area contributed by atoms with Gasteiger partial charge in [0.2, 0.25) is 7.37 Å². The van der Waals surface area contributed by atoms with Crippen molar-refractivity contribution in [3.05, 3.63) is 67.6 Å². The molecular formula is C21H24Cl4NO3P. The van der Waals surface area contributed by atoms with Crippen molar-refractivity contribution < 1.29 is 14.3 Å². The van der Waals surface area contributed by atoms with E-state index in [0.29, 0.717) is 50.4 Å². The number of rotatable bonds is 9. The van der Waals surface area contributed by atoms with Gasteiger partial charge >= 0.3 is 0 Å². The minimum absolute atomic E-state index is 0.409. The van der Waals surface area contributed by atoms with E-state index in [1.165, 1.54) is 6.07 Å². The van der Waals surface area contributed by atoms with Gasteiger partial charge in [-0.2, -0.15) is 0 Å². The molecule has 1 aliphatic rings. The first-order valence-corrected chi connectivity index (χ1v) is 13.1. The Bertz CT molecular complexity index is 906. The molecule has 1 fully saturated rings. The van der Waals surface area contributed by atoms with Gasteiger partial charge in [0, 0.05) is 24.4 Å². The second-order valence-electron chi connectivity index (χ2n) is 7.27. The number of hydrogen-bond donors (Lipinski definition) is 2. The van der Waals surface area contributed by atoms with E-state index in [1.54, 1.807) is 18.2 Å². The van der Waals surface area contributed by atoms with E-state index >= 15 is 0 Å². The van der Waals surface area contributed by atoms with E-state index in [9.17, 15) is 14.3 Å². The summed E-state index contributed by atoms with van der Waals surface area (Å²) in [5.74, 6) is 0.509. The lowest BCUT2D eigenvalue weighted by Gasteiger charge is -2.11. The van der Waals surface area contributed by atoms with Gasteiger partial charge < -0.3 is 10.2 Å². The molecule has 1 atom stereocenters. The molecule has 0 aromatic heterocycles. The fraction of sp³-hybridized carbons (Fsp3) is 0.381. The standard InChI is InChI=1S/C14H20Cl2NO2P.C7H4Cl2O/c15-13-5-4-12(8-14(13)16)9-17-6-1-7-20(18,19)10-11-2-3-11;8-6-2-1-5(4-10)3-7(6)9/h4-5,8,11,17H,1-3,6-7,9-10H2,(H,18,19);1-4H. The summed E-state index contributed by atoms with van der Waals surface area (Å²) in [7, 11) is -2.89. The number of carbonyl (C=O) groups excluding carboxylic acids is 1.